The zero-order valence-corrected chi connectivity index (χ0v) is 20.0. The second-order valence-electron chi connectivity index (χ2n) is 9.14. The van der Waals surface area contributed by atoms with Gasteiger partial charge < -0.3 is 24.8 Å². The van der Waals surface area contributed by atoms with E-state index in [2.05, 4.69) is 44.3 Å². The number of likely N-dealkylation sites (N-methyl/N-ethyl adjacent to an activating group) is 1. The fourth-order valence-electron chi connectivity index (χ4n) is 4.29. The zero-order chi connectivity index (χ0) is 22.8. The molecule has 3 rings (SSSR count). The first-order valence-electron chi connectivity index (χ1n) is 12.0. The number of rotatable bonds is 8. The zero-order valence-electron chi connectivity index (χ0n) is 20.0. The molecule has 32 heavy (non-hydrogen) atoms. The van der Waals surface area contributed by atoms with Crippen LogP contribution < -0.4 is 10.2 Å². The number of guanidine groups is 1. The Morgan fingerprint density at radius 2 is 1.94 bits per heavy atom. The summed E-state index contributed by atoms with van der Waals surface area (Å²) in [6.45, 7) is 4.85. The van der Waals surface area contributed by atoms with Gasteiger partial charge in [0.15, 0.2) is 5.96 Å². The summed E-state index contributed by atoms with van der Waals surface area (Å²) in [5.74, 6) is 1.51. The second kappa shape index (κ2) is 12.6. The Bertz CT molecular complexity index is 712. The van der Waals surface area contributed by atoms with Crippen molar-refractivity contribution < 1.29 is 9.53 Å². The van der Waals surface area contributed by atoms with E-state index in [1.807, 2.05) is 12.4 Å². The third kappa shape index (κ3) is 7.65. The molecule has 2 fully saturated rings. The van der Waals surface area contributed by atoms with Crippen LogP contribution in [-0.2, 0) is 9.53 Å². The van der Waals surface area contributed by atoms with Crippen molar-refractivity contribution in [3.63, 3.8) is 0 Å². The summed E-state index contributed by atoms with van der Waals surface area (Å²) < 4.78 is 5.85. The first-order valence-corrected chi connectivity index (χ1v) is 12.0. The molecule has 3 heterocycles. The van der Waals surface area contributed by atoms with Gasteiger partial charge in [0.25, 0.3) is 0 Å². The Morgan fingerprint density at radius 1 is 1.19 bits per heavy atom. The Morgan fingerprint density at radius 3 is 2.59 bits per heavy atom. The fraction of sp³-hybridized carbons (Fsp3) is 0.708. The number of pyridine rings is 1. The summed E-state index contributed by atoms with van der Waals surface area (Å²) in [5.41, 5.74) is 1.27. The summed E-state index contributed by atoms with van der Waals surface area (Å²) in [6, 6.07) is 4.18. The van der Waals surface area contributed by atoms with Crippen molar-refractivity contribution in [1.82, 2.24) is 20.1 Å². The van der Waals surface area contributed by atoms with Crippen LogP contribution >= 0.6 is 0 Å². The lowest BCUT2D eigenvalue weighted by Gasteiger charge is -2.34. The van der Waals surface area contributed by atoms with E-state index in [0.717, 1.165) is 58.0 Å². The summed E-state index contributed by atoms with van der Waals surface area (Å²) in [5, 5.41) is 3.47. The number of nitrogens with one attached hydrogen (secondary N) is 1. The van der Waals surface area contributed by atoms with Crippen molar-refractivity contribution in [2.45, 2.75) is 44.6 Å². The number of piperidine rings is 1. The van der Waals surface area contributed by atoms with Crippen LogP contribution in [0.2, 0.25) is 0 Å². The molecule has 1 amide bonds. The number of hydrogen-bond donors (Lipinski definition) is 1. The largest absolute Gasteiger partial charge is 0.376 e. The van der Waals surface area contributed by atoms with Crippen LogP contribution in [0, 0.1) is 5.92 Å². The molecular weight excluding hydrogens is 404 g/mol. The van der Waals surface area contributed by atoms with Gasteiger partial charge in [-0.3, -0.25) is 9.78 Å². The second-order valence-corrected chi connectivity index (χ2v) is 9.14. The molecule has 1 aromatic heterocycles. The number of aromatic nitrogens is 1. The maximum absolute atomic E-state index is 12.1. The van der Waals surface area contributed by atoms with Gasteiger partial charge in [0.05, 0.1) is 6.10 Å². The van der Waals surface area contributed by atoms with Crippen molar-refractivity contribution in [3.05, 3.63) is 24.5 Å². The third-order valence-corrected chi connectivity index (χ3v) is 6.50. The minimum Gasteiger partial charge on any atom is -0.376 e. The molecular formula is C24H40N6O2. The maximum Gasteiger partial charge on any atom is 0.243 e. The van der Waals surface area contributed by atoms with Crippen LogP contribution in [-0.4, -0.2) is 93.2 Å². The molecule has 1 unspecified atom stereocenters. The van der Waals surface area contributed by atoms with E-state index in [1.165, 1.54) is 24.9 Å². The Labute approximate surface area is 193 Å². The van der Waals surface area contributed by atoms with Crippen LogP contribution in [0.1, 0.15) is 38.5 Å². The number of anilines is 1. The predicted octanol–water partition coefficient (Wildman–Crippen LogP) is 2.22. The van der Waals surface area contributed by atoms with Gasteiger partial charge in [-0.2, -0.15) is 0 Å². The minimum atomic E-state index is 0.00935. The van der Waals surface area contributed by atoms with E-state index in [4.69, 9.17) is 4.74 Å². The van der Waals surface area contributed by atoms with Crippen molar-refractivity contribution in [2.24, 2.45) is 10.9 Å². The predicted molar refractivity (Wildman–Crippen MR) is 129 cm³/mol. The number of hydrogen-bond acceptors (Lipinski definition) is 5. The summed E-state index contributed by atoms with van der Waals surface area (Å²) in [6.07, 6.45) is 10.9. The van der Waals surface area contributed by atoms with Crippen LogP contribution in [0.4, 0.5) is 5.69 Å². The molecule has 8 heteroatoms. The third-order valence-electron chi connectivity index (χ3n) is 6.50. The van der Waals surface area contributed by atoms with Gasteiger partial charge in [0.2, 0.25) is 5.91 Å². The van der Waals surface area contributed by atoms with Crippen molar-refractivity contribution in [3.8, 4) is 0 Å². The lowest BCUT2D eigenvalue weighted by Crippen LogP contribution is -2.45. The molecule has 1 N–H and O–H groups in total. The molecule has 2 aliphatic rings. The molecule has 2 aliphatic heterocycles. The Hall–Kier alpha value is -2.35. The minimum absolute atomic E-state index is 0.00935. The van der Waals surface area contributed by atoms with Gasteiger partial charge in [0.1, 0.15) is 6.54 Å². The first-order chi connectivity index (χ1) is 15.5. The van der Waals surface area contributed by atoms with Crippen molar-refractivity contribution in [1.29, 1.82) is 0 Å². The average molecular weight is 445 g/mol. The Balaban J connectivity index is 1.48. The van der Waals surface area contributed by atoms with E-state index in [-0.39, 0.29) is 18.6 Å². The summed E-state index contributed by atoms with van der Waals surface area (Å²) in [4.78, 5) is 27.0. The van der Waals surface area contributed by atoms with E-state index >= 15 is 0 Å². The quantitative estimate of drug-likeness (QED) is 0.490. The summed E-state index contributed by atoms with van der Waals surface area (Å²) >= 11 is 0. The van der Waals surface area contributed by atoms with Crippen LogP contribution in [0.5, 0.6) is 0 Å². The van der Waals surface area contributed by atoms with Crippen molar-refractivity contribution >= 4 is 17.6 Å². The molecule has 1 atom stereocenters. The number of amides is 1. The molecule has 0 radical (unpaired) electrons. The van der Waals surface area contributed by atoms with Crippen LogP contribution in [0.15, 0.2) is 29.5 Å². The molecule has 178 valence electrons. The van der Waals surface area contributed by atoms with Gasteiger partial charge in [-0.25, -0.2) is 4.99 Å². The molecule has 0 saturated carbocycles. The smallest absolute Gasteiger partial charge is 0.243 e. The molecule has 0 bridgehead atoms. The van der Waals surface area contributed by atoms with Gasteiger partial charge >= 0.3 is 0 Å². The highest BCUT2D eigenvalue weighted by atomic mass is 16.5. The number of carbonyl (C=O) groups is 1. The maximum atomic E-state index is 12.1. The SMILES string of the molecule is CN(C)C(=O)CN=C(NCC1CCCCO1)N(C)CCC1CCN(c2ccncc2)CC1. The average Bonchev–Trinajstić information content (AvgIpc) is 2.84. The summed E-state index contributed by atoms with van der Waals surface area (Å²) in [7, 11) is 5.60. The highest BCUT2D eigenvalue weighted by Crippen LogP contribution is 2.24. The van der Waals surface area contributed by atoms with E-state index < -0.39 is 0 Å². The van der Waals surface area contributed by atoms with Crippen LogP contribution in [0.3, 0.4) is 0 Å². The van der Waals surface area contributed by atoms with Crippen LogP contribution in [0.25, 0.3) is 0 Å². The lowest BCUT2D eigenvalue weighted by molar-refractivity contribution is -0.127. The van der Waals surface area contributed by atoms with Gasteiger partial charge in [-0.1, -0.05) is 0 Å². The van der Waals surface area contributed by atoms with E-state index in [9.17, 15) is 4.79 Å². The van der Waals surface area contributed by atoms with Gasteiger partial charge in [0, 0.05) is 72.0 Å². The molecule has 0 spiro atoms. The Kier molecular flexibility index (Phi) is 9.59. The molecule has 0 aliphatic carbocycles. The topological polar surface area (TPSA) is 73.3 Å². The van der Waals surface area contributed by atoms with Gasteiger partial charge in [-0.05, 0) is 56.6 Å². The monoisotopic (exact) mass is 444 g/mol. The number of carbonyl (C=O) groups excluding carboxylic acids is 1. The molecule has 1 aromatic rings. The lowest BCUT2D eigenvalue weighted by atomic mass is 9.93. The molecule has 8 nitrogen and oxygen atoms in total. The standard InChI is InChI=1S/C24H40N6O2/c1-28(2)23(31)19-27-24(26-18-22-6-4-5-17-32-22)29(3)14-9-20-10-15-30(16-11-20)21-7-12-25-13-8-21/h7-8,12-13,20,22H,4-6,9-11,14-19H2,1-3H3,(H,26,27). The van der Waals surface area contributed by atoms with E-state index in [1.54, 1.807) is 19.0 Å². The van der Waals surface area contributed by atoms with E-state index in [0.29, 0.717) is 5.92 Å². The van der Waals surface area contributed by atoms with Crippen molar-refractivity contribution in [2.75, 3.05) is 65.4 Å². The number of nitrogens with zero attached hydrogens (tertiary/aromatic N) is 5. The normalized spacial score (nSPS) is 20.2. The number of aliphatic imine (C=N–C) groups is 1. The number of ether oxygens (including phenoxy) is 1. The molecule has 2 saturated heterocycles. The highest BCUT2D eigenvalue weighted by Gasteiger charge is 2.21. The first kappa shape index (κ1) is 24.3. The fourth-order valence-corrected chi connectivity index (χ4v) is 4.29. The van der Waals surface area contributed by atoms with Gasteiger partial charge in [-0.15, -0.1) is 0 Å². The molecule has 0 aromatic carbocycles. The highest BCUT2D eigenvalue weighted by molar-refractivity contribution is 5.84.